The van der Waals surface area contributed by atoms with Crippen LogP contribution in [0, 0.1) is 0 Å². The van der Waals surface area contributed by atoms with Gasteiger partial charge in [0.15, 0.2) is 5.65 Å². The van der Waals surface area contributed by atoms with E-state index in [1.807, 2.05) is 4.57 Å². The van der Waals surface area contributed by atoms with Gasteiger partial charge in [-0.2, -0.15) is 4.98 Å². The molecule has 2 aliphatic carbocycles. The van der Waals surface area contributed by atoms with Gasteiger partial charge in [-0.25, -0.2) is 18.7 Å². The highest BCUT2D eigenvalue weighted by atomic mass is 19.1. The summed E-state index contributed by atoms with van der Waals surface area (Å²) in [6.07, 6.45) is 6.72. The van der Waals surface area contributed by atoms with Gasteiger partial charge in [0.2, 0.25) is 11.9 Å². The van der Waals surface area contributed by atoms with Gasteiger partial charge in [-0.3, -0.25) is 4.57 Å². The maximum absolute atomic E-state index is 14.2. The van der Waals surface area contributed by atoms with E-state index in [4.69, 9.17) is 0 Å². The third kappa shape index (κ3) is 3.51. The average Bonchev–Trinajstić information content (AvgIpc) is 3.01. The molecule has 2 aromatic rings. The third-order valence-corrected chi connectivity index (χ3v) is 5.15. The van der Waals surface area contributed by atoms with E-state index in [1.54, 1.807) is 13.2 Å². The van der Waals surface area contributed by atoms with Gasteiger partial charge in [-0.05, 0) is 38.2 Å². The van der Waals surface area contributed by atoms with Crippen molar-refractivity contribution in [3.63, 3.8) is 0 Å². The molecule has 9 heteroatoms. The number of hydrogen-bond acceptors (Lipinski definition) is 6. The van der Waals surface area contributed by atoms with Gasteiger partial charge in [-0.15, -0.1) is 0 Å². The van der Waals surface area contributed by atoms with E-state index < -0.39 is 17.7 Å². The first-order chi connectivity index (χ1) is 13.0. The number of nitrogens with one attached hydrogen (secondary N) is 2. The standard InChI is InChI=1S/C18H22F2N6O/c1-21-17-22-9-15-16(25-17)26(11-3-5-12(27)6-4-11)18(24-15)23-14-7-2-10(19)8-13(14)20/h2,8-9,11-12,14,27H,3-7H2,1H3,(H,23,24)(H,21,22,25). The molecule has 27 heavy (non-hydrogen) atoms. The Balaban J connectivity index is 1.72. The summed E-state index contributed by atoms with van der Waals surface area (Å²) in [4.78, 5) is 13.3. The van der Waals surface area contributed by atoms with Gasteiger partial charge < -0.3 is 15.7 Å². The van der Waals surface area contributed by atoms with Gasteiger partial charge in [-0.1, -0.05) is 0 Å². The second kappa shape index (κ2) is 7.22. The van der Waals surface area contributed by atoms with Crippen molar-refractivity contribution < 1.29 is 13.9 Å². The lowest BCUT2D eigenvalue weighted by molar-refractivity contribution is 0.112. The molecule has 0 amide bonds. The Morgan fingerprint density at radius 3 is 2.67 bits per heavy atom. The molecule has 0 spiro atoms. The molecule has 1 fully saturated rings. The van der Waals surface area contributed by atoms with Crippen LogP contribution in [0.5, 0.6) is 0 Å². The lowest BCUT2D eigenvalue weighted by atomic mass is 9.93. The minimum atomic E-state index is -0.675. The van der Waals surface area contributed by atoms with E-state index in [9.17, 15) is 13.9 Å². The van der Waals surface area contributed by atoms with Crippen LogP contribution in [-0.2, 0) is 0 Å². The van der Waals surface area contributed by atoms with E-state index in [-0.39, 0.29) is 18.6 Å². The number of halogens is 2. The van der Waals surface area contributed by atoms with Crippen molar-refractivity contribution in [1.82, 2.24) is 19.5 Å². The molecule has 0 bridgehead atoms. The Kier molecular flexibility index (Phi) is 4.77. The van der Waals surface area contributed by atoms with Gasteiger partial charge >= 0.3 is 0 Å². The minimum Gasteiger partial charge on any atom is -0.393 e. The predicted octanol–water partition coefficient (Wildman–Crippen LogP) is 3.24. The first kappa shape index (κ1) is 17.8. The average molecular weight is 376 g/mol. The fourth-order valence-corrected chi connectivity index (χ4v) is 3.69. The molecule has 1 saturated carbocycles. The lowest BCUT2D eigenvalue weighted by Crippen LogP contribution is -2.27. The maximum Gasteiger partial charge on any atom is 0.224 e. The van der Waals surface area contributed by atoms with Crippen LogP contribution in [0.25, 0.3) is 11.2 Å². The molecule has 1 unspecified atom stereocenters. The Labute approximate surface area is 155 Å². The van der Waals surface area contributed by atoms with Crippen molar-refractivity contribution in [2.45, 2.75) is 50.3 Å². The number of hydrogen-bond donors (Lipinski definition) is 3. The van der Waals surface area contributed by atoms with Crippen LogP contribution in [0.15, 0.2) is 30.0 Å². The second-order valence-electron chi connectivity index (χ2n) is 6.97. The fraction of sp³-hybridized carbons (Fsp3) is 0.500. The highest BCUT2D eigenvalue weighted by Gasteiger charge is 2.28. The van der Waals surface area contributed by atoms with Crippen LogP contribution in [0.2, 0.25) is 0 Å². The van der Waals surface area contributed by atoms with Crippen LogP contribution >= 0.6 is 0 Å². The predicted molar refractivity (Wildman–Crippen MR) is 98.8 cm³/mol. The van der Waals surface area contributed by atoms with Gasteiger partial charge in [0.1, 0.15) is 17.2 Å². The Bertz CT molecular complexity index is 901. The number of nitrogens with zero attached hydrogens (tertiary/aromatic N) is 4. The van der Waals surface area contributed by atoms with Crippen LogP contribution in [-0.4, -0.2) is 43.8 Å². The smallest absolute Gasteiger partial charge is 0.224 e. The lowest BCUT2D eigenvalue weighted by Gasteiger charge is -2.29. The number of allylic oxidation sites excluding steroid dienone is 2. The first-order valence-electron chi connectivity index (χ1n) is 9.15. The molecule has 144 valence electrons. The molecule has 2 aromatic heterocycles. The number of aromatic nitrogens is 4. The normalized spacial score (nSPS) is 25.9. The van der Waals surface area contributed by atoms with E-state index in [2.05, 4.69) is 25.6 Å². The summed E-state index contributed by atoms with van der Waals surface area (Å²) in [5.74, 6) is -0.169. The van der Waals surface area contributed by atoms with Gasteiger partial charge in [0, 0.05) is 19.2 Å². The molecule has 0 saturated heterocycles. The monoisotopic (exact) mass is 376 g/mol. The number of anilines is 2. The van der Waals surface area contributed by atoms with Crippen LogP contribution in [0.1, 0.15) is 38.1 Å². The summed E-state index contributed by atoms with van der Waals surface area (Å²) in [6, 6.07) is -0.589. The van der Waals surface area contributed by atoms with E-state index in [1.165, 1.54) is 6.08 Å². The van der Waals surface area contributed by atoms with Gasteiger partial charge in [0.25, 0.3) is 0 Å². The summed E-state index contributed by atoms with van der Waals surface area (Å²) in [5, 5.41) is 15.9. The van der Waals surface area contributed by atoms with Crippen molar-refractivity contribution in [3.05, 3.63) is 30.0 Å². The second-order valence-corrected chi connectivity index (χ2v) is 6.97. The molecule has 3 N–H and O–H groups in total. The SMILES string of the molecule is CNc1ncc2nc(NC3CC=C(F)C=C3F)n(C3CCC(O)CC3)c2n1. The summed E-state index contributed by atoms with van der Waals surface area (Å²) in [7, 11) is 1.74. The number of aliphatic hydroxyl groups is 1. The number of rotatable bonds is 4. The Hall–Kier alpha value is -2.55. The summed E-state index contributed by atoms with van der Waals surface area (Å²) in [5.41, 5.74) is 1.25. The molecule has 2 heterocycles. The van der Waals surface area contributed by atoms with Crippen molar-refractivity contribution in [3.8, 4) is 0 Å². The van der Waals surface area contributed by atoms with Crippen LogP contribution in [0.3, 0.4) is 0 Å². The maximum atomic E-state index is 14.2. The third-order valence-electron chi connectivity index (χ3n) is 5.15. The zero-order valence-electron chi connectivity index (χ0n) is 15.0. The van der Waals surface area contributed by atoms with E-state index in [0.29, 0.717) is 35.9 Å². The molecule has 0 aliphatic heterocycles. The molecule has 7 nitrogen and oxygen atoms in total. The fourth-order valence-electron chi connectivity index (χ4n) is 3.69. The zero-order valence-corrected chi connectivity index (χ0v) is 15.0. The van der Waals surface area contributed by atoms with Gasteiger partial charge in [0.05, 0.1) is 18.3 Å². The van der Waals surface area contributed by atoms with Crippen molar-refractivity contribution >= 4 is 23.1 Å². The van der Waals surface area contributed by atoms with Crippen LogP contribution in [0.4, 0.5) is 20.7 Å². The van der Waals surface area contributed by atoms with Crippen LogP contribution < -0.4 is 10.6 Å². The highest BCUT2D eigenvalue weighted by Crippen LogP contribution is 2.35. The quantitative estimate of drug-likeness (QED) is 0.759. The number of imidazole rings is 1. The molecule has 2 aliphatic rings. The topological polar surface area (TPSA) is 87.9 Å². The minimum absolute atomic E-state index is 0.0865. The largest absolute Gasteiger partial charge is 0.393 e. The molecular weight excluding hydrogens is 354 g/mol. The summed E-state index contributed by atoms with van der Waals surface area (Å²) < 4.78 is 29.4. The van der Waals surface area contributed by atoms with E-state index in [0.717, 1.165) is 18.9 Å². The van der Waals surface area contributed by atoms with Crippen molar-refractivity contribution in [2.24, 2.45) is 0 Å². The Morgan fingerprint density at radius 1 is 1.19 bits per heavy atom. The highest BCUT2D eigenvalue weighted by molar-refractivity contribution is 5.75. The number of fused-ring (bicyclic) bond motifs is 1. The molecule has 1 atom stereocenters. The first-order valence-corrected chi connectivity index (χ1v) is 9.15. The molecular formula is C18H22F2N6O. The molecule has 4 rings (SSSR count). The summed E-state index contributed by atoms with van der Waals surface area (Å²) >= 11 is 0. The molecule has 0 aromatic carbocycles. The summed E-state index contributed by atoms with van der Waals surface area (Å²) in [6.45, 7) is 0. The van der Waals surface area contributed by atoms with Crippen molar-refractivity contribution in [1.29, 1.82) is 0 Å². The molecule has 0 radical (unpaired) electrons. The van der Waals surface area contributed by atoms with Crippen molar-refractivity contribution in [2.75, 3.05) is 17.7 Å². The zero-order chi connectivity index (χ0) is 19.0. The Morgan fingerprint density at radius 2 is 1.96 bits per heavy atom. The number of aliphatic hydroxyl groups excluding tert-OH is 1. The van der Waals surface area contributed by atoms with E-state index >= 15 is 0 Å².